The Kier molecular flexibility index (Phi) is 5.67. The van der Waals surface area contributed by atoms with Crippen LogP contribution in [0.3, 0.4) is 0 Å². The van der Waals surface area contributed by atoms with Crippen LogP contribution in [0.1, 0.15) is 10.4 Å². The number of amides is 1. The van der Waals surface area contributed by atoms with Crippen LogP contribution >= 0.6 is 0 Å². The molecule has 0 aromatic heterocycles. The van der Waals surface area contributed by atoms with Gasteiger partial charge >= 0.3 is 11.7 Å². The molecule has 0 radical (unpaired) electrons. The maximum atomic E-state index is 13.5. The molecular formula is C11H10F2N2O6. The van der Waals surface area contributed by atoms with Crippen molar-refractivity contribution in [2.45, 2.75) is 0 Å². The molecule has 0 aliphatic rings. The highest BCUT2D eigenvalue weighted by Crippen LogP contribution is 2.21. The van der Waals surface area contributed by atoms with Gasteiger partial charge in [-0.05, 0) is 6.07 Å². The molecule has 1 rings (SSSR count). The van der Waals surface area contributed by atoms with Crippen molar-refractivity contribution in [2.75, 3.05) is 19.8 Å². The molecule has 2 N–H and O–H groups in total. The molecule has 0 fully saturated rings. The van der Waals surface area contributed by atoms with Crippen molar-refractivity contribution >= 4 is 17.6 Å². The monoisotopic (exact) mass is 304 g/mol. The number of ether oxygens (including phenoxy) is 1. The lowest BCUT2D eigenvalue weighted by Crippen LogP contribution is -2.28. The minimum atomic E-state index is -1.34. The minimum absolute atomic E-state index is 0.135. The number of carbonyl (C=O) groups is 2. The van der Waals surface area contributed by atoms with Crippen LogP contribution in [0.5, 0.6) is 0 Å². The van der Waals surface area contributed by atoms with Crippen LogP contribution in [0.15, 0.2) is 12.1 Å². The van der Waals surface area contributed by atoms with Gasteiger partial charge in [0.2, 0.25) is 5.82 Å². The summed E-state index contributed by atoms with van der Waals surface area (Å²) in [5, 5.41) is 20.8. The molecule has 0 spiro atoms. The zero-order valence-corrected chi connectivity index (χ0v) is 10.5. The summed E-state index contributed by atoms with van der Waals surface area (Å²) in [7, 11) is 0. The van der Waals surface area contributed by atoms with Gasteiger partial charge in [-0.1, -0.05) is 0 Å². The lowest BCUT2D eigenvalue weighted by molar-refractivity contribution is -0.387. The van der Waals surface area contributed by atoms with E-state index in [0.717, 1.165) is 0 Å². The van der Waals surface area contributed by atoms with E-state index in [0.29, 0.717) is 12.1 Å². The van der Waals surface area contributed by atoms with Crippen LogP contribution in [-0.2, 0) is 9.53 Å². The largest absolute Gasteiger partial charge is 0.480 e. The average Bonchev–Trinajstić information content (AvgIpc) is 2.39. The van der Waals surface area contributed by atoms with Gasteiger partial charge < -0.3 is 15.2 Å². The summed E-state index contributed by atoms with van der Waals surface area (Å²) >= 11 is 0. The van der Waals surface area contributed by atoms with E-state index in [4.69, 9.17) is 5.11 Å². The molecule has 8 nitrogen and oxygen atoms in total. The predicted octanol–water partition coefficient (Wildman–Crippen LogP) is 0.704. The fraction of sp³-hybridized carbons (Fsp3) is 0.273. The van der Waals surface area contributed by atoms with Gasteiger partial charge in [0.25, 0.3) is 5.91 Å². The molecule has 0 aliphatic heterocycles. The van der Waals surface area contributed by atoms with Gasteiger partial charge in [-0.3, -0.25) is 14.9 Å². The number of rotatable bonds is 7. The standard InChI is InChI=1S/C11H10F2N2O6/c12-7-4-9(15(19)20)8(13)3-6(7)11(18)14-1-2-21-5-10(16)17/h3-4H,1-2,5H2,(H,14,18)(H,16,17). The molecule has 0 atom stereocenters. The Balaban J connectivity index is 2.64. The third-order valence-electron chi connectivity index (χ3n) is 2.24. The first kappa shape index (κ1) is 16.4. The van der Waals surface area contributed by atoms with Gasteiger partial charge in [-0.25, -0.2) is 9.18 Å². The Labute approximate surface area is 116 Å². The van der Waals surface area contributed by atoms with Crippen molar-refractivity contribution in [3.8, 4) is 0 Å². The van der Waals surface area contributed by atoms with Gasteiger partial charge in [-0.15, -0.1) is 0 Å². The zero-order valence-electron chi connectivity index (χ0n) is 10.5. The summed E-state index contributed by atoms with van der Waals surface area (Å²) in [5.41, 5.74) is -1.77. The summed E-state index contributed by atoms with van der Waals surface area (Å²) in [4.78, 5) is 30.9. The van der Waals surface area contributed by atoms with Crippen molar-refractivity contribution in [3.63, 3.8) is 0 Å². The van der Waals surface area contributed by atoms with Gasteiger partial charge in [0, 0.05) is 6.54 Å². The third-order valence-corrected chi connectivity index (χ3v) is 2.24. The number of halogens is 2. The molecule has 0 saturated carbocycles. The average molecular weight is 304 g/mol. The van der Waals surface area contributed by atoms with E-state index in [9.17, 15) is 28.5 Å². The number of nitrogens with one attached hydrogen (secondary N) is 1. The molecule has 21 heavy (non-hydrogen) atoms. The molecule has 0 aliphatic carbocycles. The SMILES string of the molecule is O=C(O)COCCNC(=O)c1cc(F)c([N+](=O)[O-])cc1F. The second-order valence-corrected chi connectivity index (χ2v) is 3.74. The van der Waals surface area contributed by atoms with Crippen LogP contribution in [0.4, 0.5) is 14.5 Å². The number of hydrogen-bond donors (Lipinski definition) is 2. The second kappa shape index (κ2) is 7.24. The van der Waals surface area contributed by atoms with Gasteiger partial charge in [0.05, 0.1) is 23.2 Å². The fourth-order valence-electron chi connectivity index (χ4n) is 1.34. The third kappa shape index (κ3) is 4.76. The molecule has 114 valence electrons. The minimum Gasteiger partial charge on any atom is -0.480 e. The summed E-state index contributed by atoms with van der Waals surface area (Å²) in [5.74, 6) is -4.77. The van der Waals surface area contributed by atoms with Crippen molar-refractivity contribution in [2.24, 2.45) is 0 Å². The van der Waals surface area contributed by atoms with E-state index in [1.807, 2.05) is 0 Å². The number of nitro groups is 1. The van der Waals surface area contributed by atoms with E-state index < -0.39 is 46.3 Å². The Morgan fingerprint density at radius 2 is 2.00 bits per heavy atom. The first-order valence-electron chi connectivity index (χ1n) is 5.54. The van der Waals surface area contributed by atoms with Crippen molar-refractivity contribution in [3.05, 3.63) is 39.4 Å². The number of hydrogen-bond acceptors (Lipinski definition) is 5. The Bertz CT molecular complexity index is 578. The van der Waals surface area contributed by atoms with Crippen LogP contribution in [0.25, 0.3) is 0 Å². The highest BCUT2D eigenvalue weighted by atomic mass is 19.1. The quantitative estimate of drug-likeness (QED) is 0.435. The van der Waals surface area contributed by atoms with Crippen molar-refractivity contribution in [1.82, 2.24) is 5.32 Å². The van der Waals surface area contributed by atoms with Crippen LogP contribution < -0.4 is 5.32 Å². The van der Waals surface area contributed by atoms with Gasteiger partial charge in [0.1, 0.15) is 12.4 Å². The zero-order chi connectivity index (χ0) is 16.0. The lowest BCUT2D eigenvalue weighted by Gasteiger charge is -2.06. The van der Waals surface area contributed by atoms with E-state index in [2.05, 4.69) is 10.1 Å². The number of carbonyl (C=O) groups excluding carboxylic acids is 1. The smallest absolute Gasteiger partial charge is 0.329 e. The normalized spacial score (nSPS) is 10.2. The highest BCUT2D eigenvalue weighted by Gasteiger charge is 2.21. The summed E-state index contributed by atoms with van der Waals surface area (Å²) in [6.45, 7) is -0.838. The summed E-state index contributed by atoms with van der Waals surface area (Å²) < 4.78 is 31.4. The van der Waals surface area contributed by atoms with Crippen molar-refractivity contribution in [1.29, 1.82) is 0 Å². The van der Waals surface area contributed by atoms with E-state index in [-0.39, 0.29) is 13.2 Å². The first-order valence-corrected chi connectivity index (χ1v) is 5.54. The molecular weight excluding hydrogens is 294 g/mol. The molecule has 1 aromatic carbocycles. The fourth-order valence-corrected chi connectivity index (χ4v) is 1.34. The highest BCUT2D eigenvalue weighted by molar-refractivity contribution is 5.94. The van der Waals surface area contributed by atoms with Crippen LogP contribution in [0.2, 0.25) is 0 Å². The Morgan fingerprint density at radius 3 is 2.57 bits per heavy atom. The lowest BCUT2D eigenvalue weighted by atomic mass is 10.1. The number of nitrogens with zero attached hydrogens (tertiary/aromatic N) is 1. The number of carboxylic acid groups (broad SMARTS) is 1. The maximum Gasteiger partial charge on any atom is 0.329 e. The van der Waals surface area contributed by atoms with Crippen molar-refractivity contribution < 1.29 is 33.1 Å². The van der Waals surface area contributed by atoms with E-state index >= 15 is 0 Å². The summed E-state index contributed by atoms with van der Waals surface area (Å²) in [6.07, 6.45) is 0. The van der Waals surface area contributed by atoms with E-state index in [1.165, 1.54) is 0 Å². The number of nitro benzene ring substituents is 1. The number of aliphatic carboxylic acids is 1. The topological polar surface area (TPSA) is 119 Å². The molecule has 0 saturated heterocycles. The van der Waals surface area contributed by atoms with Crippen LogP contribution in [0, 0.1) is 21.7 Å². The number of carboxylic acids is 1. The maximum absolute atomic E-state index is 13.5. The Morgan fingerprint density at radius 1 is 1.33 bits per heavy atom. The molecule has 10 heteroatoms. The van der Waals surface area contributed by atoms with E-state index in [1.54, 1.807) is 0 Å². The number of benzene rings is 1. The first-order chi connectivity index (χ1) is 9.82. The second-order valence-electron chi connectivity index (χ2n) is 3.74. The van der Waals surface area contributed by atoms with Crippen LogP contribution in [-0.4, -0.2) is 41.7 Å². The summed E-state index contributed by atoms with van der Waals surface area (Å²) in [6, 6.07) is 0.728. The predicted molar refractivity (Wildman–Crippen MR) is 63.8 cm³/mol. The molecule has 0 heterocycles. The molecule has 0 bridgehead atoms. The molecule has 1 amide bonds. The molecule has 1 aromatic rings. The van der Waals surface area contributed by atoms with Gasteiger partial charge in [0.15, 0.2) is 0 Å². The van der Waals surface area contributed by atoms with Gasteiger partial charge in [-0.2, -0.15) is 4.39 Å². The molecule has 0 unspecified atom stereocenters. The Hall–Kier alpha value is -2.62.